The lowest BCUT2D eigenvalue weighted by atomic mass is 10.2. The van der Waals surface area contributed by atoms with Crippen molar-refractivity contribution in [3.63, 3.8) is 0 Å². The Morgan fingerprint density at radius 1 is 1.08 bits per heavy atom. The number of carbonyl (C=O) groups excluding carboxylic acids is 1. The summed E-state index contributed by atoms with van der Waals surface area (Å²) < 4.78 is 18.7. The smallest absolute Gasteiger partial charge is 0.260 e. The first-order valence-corrected chi connectivity index (χ1v) is 8.65. The van der Waals surface area contributed by atoms with Crippen LogP contribution in [0.15, 0.2) is 48.5 Å². The zero-order valence-electron chi connectivity index (χ0n) is 14.5. The Morgan fingerprint density at radius 2 is 1.80 bits per heavy atom. The van der Waals surface area contributed by atoms with Gasteiger partial charge >= 0.3 is 0 Å². The van der Waals surface area contributed by atoms with Crippen LogP contribution in [0.3, 0.4) is 0 Å². The van der Waals surface area contributed by atoms with Gasteiger partial charge < -0.3 is 14.5 Å². The third kappa shape index (κ3) is 4.50. The maximum atomic E-state index is 13.0. The molecule has 25 heavy (non-hydrogen) atoms. The van der Waals surface area contributed by atoms with E-state index >= 15 is 0 Å². The zero-order chi connectivity index (χ0) is 17.6. The van der Waals surface area contributed by atoms with Crippen LogP contribution in [0.25, 0.3) is 0 Å². The van der Waals surface area contributed by atoms with Gasteiger partial charge in [0, 0.05) is 31.9 Å². The fraction of sp³-hybridized carbons (Fsp3) is 0.350. The molecule has 0 N–H and O–H groups in total. The zero-order valence-corrected chi connectivity index (χ0v) is 14.5. The molecule has 1 fully saturated rings. The van der Waals surface area contributed by atoms with E-state index in [1.807, 2.05) is 29.2 Å². The van der Waals surface area contributed by atoms with Crippen molar-refractivity contribution in [1.29, 1.82) is 0 Å². The summed E-state index contributed by atoms with van der Waals surface area (Å²) in [5.41, 5.74) is 2.18. The minimum Gasteiger partial charge on any atom is -0.484 e. The highest BCUT2D eigenvalue weighted by Gasteiger charge is 2.21. The molecular weight excluding hydrogens is 319 g/mol. The maximum absolute atomic E-state index is 13.0. The molecule has 0 aromatic heterocycles. The molecular formula is C20H23FN2O2. The van der Waals surface area contributed by atoms with Crippen LogP contribution in [0, 0.1) is 5.82 Å². The summed E-state index contributed by atoms with van der Waals surface area (Å²) in [6, 6.07) is 14.3. The number of benzene rings is 2. The Labute approximate surface area is 147 Å². The molecule has 1 heterocycles. The molecule has 3 rings (SSSR count). The van der Waals surface area contributed by atoms with Crippen molar-refractivity contribution >= 4 is 11.6 Å². The van der Waals surface area contributed by atoms with E-state index in [0.717, 1.165) is 30.9 Å². The summed E-state index contributed by atoms with van der Waals surface area (Å²) in [5.74, 6) is 0.500. The Kier molecular flexibility index (Phi) is 5.53. The molecule has 5 heteroatoms. The second-order valence-electron chi connectivity index (χ2n) is 6.13. The number of anilines is 1. The lowest BCUT2D eigenvalue weighted by Crippen LogP contribution is -2.50. The van der Waals surface area contributed by atoms with Crippen molar-refractivity contribution in [2.24, 2.45) is 0 Å². The van der Waals surface area contributed by atoms with Crippen molar-refractivity contribution < 1.29 is 13.9 Å². The monoisotopic (exact) mass is 342 g/mol. The van der Waals surface area contributed by atoms with Crippen molar-refractivity contribution in [2.75, 3.05) is 37.7 Å². The first kappa shape index (κ1) is 17.3. The topological polar surface area (TPSA) is 32.8 Å². The van der Waals surface area contributed by atoms with Gasteiger partial charge in [-0.1, -0.05) is 19.1 Å². The van der Waals surface area contributed by atoms with E-state index in [0.29, 0.717) is 13.1 Å². The van der Waals surface area contributed by atoms with Gasteiger partial charge in [-0.2, -0.15) is 0 Å². The summed E-state index contributed by atoms with van der Waals surface area (Å²) >= 11 is 0. The van der Waals surface area contributed by atoms with E-state index in [1.54, 1.807) is 12.1 Å². The molecule has 0 radical (unpaired) electrons. The second kappa shape index (κ2) is 8.01. The number of halogens is 1. The van der Waals surface area contributed by atoms with Crippen LogP contribution in [0.5, 0.6) is 5.75 Å². The third-order valence-electron chi connectivity index (χ3n) is 4.49. The Morgan fingerprint density at radius 3 is 2.48 bits per heavy atom. The summed E-state index contributed by atoms with van der Waals surface area (Å²) in [5, 5.41) is 0. The third-order valence-corrected chi connectivity index (χ3v) is 4.49. The Balaban J connectivity index is 1.48. The predicted molar refractivity (Wildman–Crippen MR) is 96.5 cm³/mol. The largest absolute Gasteiger partial charge is 0.484 e. The van der Waals surface area contributed by atoms with E-state index in [4.69, 9.17) is 4.74 Å². The van der Waals surface area contributed by atoms with E-state index in [2.05, 4.69) is 11.8 Å². The maximum Gasteiger partial charge on any atom is 0.260 e. The normalized spacial score (nSPS) is 14.5. The number of ether oxygens (including phenoxy) is 1. The molecule has 0 atom stereocenters. The minimum absolute atomic E-state index is 0.000609. The van der Waals surface area contributed by atoms with Crippen molar-refractivity contribution in [3.05, 3.63) is 59.9 Å². The van der Waals surface area contributed by atoms with E-state index in [-0.39, 0.29) is 18.3 Å². The molecule has 0 spiro atoms. The molecule has 1 amide bonds. The Hall–Kier alpha value is -2.56. The number of piperazine rings is 1. The number of nitrogens with zero attached hydrogens (tertiary/aromatic N) is 2. The summed E-state index contributed by atoms with van der Waals surface area (Å²) in [6.07, 6.45) is 0.941. The van der Waals surface area contributed by atoms with Gasteiger partial charge in [-0.3, -0.25) is 4.79 Å². The quantitative estimate of drug-likeness (QED) is 0.837. The lowest BCUT2D eigenvalue weighted by molar-refractivity contribution is -0.133. The van der Waals surface area contributed by atoms with Gasteiger partial charge in [0.25, 0.3) is 5.91 Å². The van der Waals surface area contributed by atoms with Crippen LogP contribution in [0.4, 0.5) is 10.1 Å². The first-order chi connectivity index (χ1) is 12.2. The highest BCUT2D eigenvalue weighted by Crippen LogP contribution is 2.17. The highest BCUT2D eigenvalue weighted by molar-refractivity contribution is 5.78. The molecule has 0 saturated carbocycles. The number of amides is 1. The molecule has 0 aliphatic carbocycles. The second-order valence-corrected chi connectivity index (χ2v) is 6.13. The van der Waals surface area contributed by atoms with E-state index in [1.165, 1.54) is 17.7 Å². The van der Waals surface area contributed by atoms with Crippen LogP contribution >= 0.6 is 0 Å². The molecule has 132 valence electrons. The van der Waals surface area contributed by atoms with Crippen LogP contribution in [-0.2, 0) is 11.2 Å². The number of rotatable bonds is 5. The molecule has 4 nitrogen and oxygen atoms in total. The van der Waals surface area contributed by atoms with Gasteiger partial charge in [0.15, 0.2) is 6.61 Å². The van der Waals surface area contributed by atoms with E-state index in [9.17, 15) is 9.18 Å². The first-order valence-electron chi connectivity index (χ1n) is 8.65. The van der Waals surface area contributed by atoms with Gasteiger partial charge in [-0.05, 0) is 48.4 Å². The molecule has 0 unspecified atom stereocenters. The van der Waals surface area contributed by atoms with Crippen LogP contribution in [-0.4, -0.2) is 43.6 Å². The van der Waals surface area contributed by atoms with Crippen LogP contribution in [0.1, 0.15) is 12.5 Å². The van der Waals surface area contributed by atoms with Gasteiger partial charge in [-0.15, -0.1) is 0 Å². The fourth-order valence-corrected chi connectivity index (χ4v) is 2.96. The fourth-order valence-electron chi connectivity index (χ4n) is 2.96. The predicted octanol–water partition coefficient (Wildman–Crippen LogP) is 3.12. The number of aryl methyl sites for hydroxylation is 1. The van der Waals surface area contributed by atoms with E-state index < -0.39 is 0 Å². The summed E-state index contributed by atoms with van der Waals surface area (Å²) in [6.45, 7) is 4.92. The number of hydrogen-bond donors (Lipinski definition) is 0. The summed E-state index contributed by atoms with van der Waals surface area (Å²) in [7, 11) is 0. The van der Waals surface area contributed by atoms with Crippen molar-refractivity contribution in [3.8, 4) is 5.75 Å². The van der Waals surface area contributed by atoms with Gasteiger partial charge in [-0.25, -0.2) is 4.39 Å². The molecule has 2 aromatic rings. The van der Waals surface area contributed by atoms with Crippen molar-refractivity contribution in [1.82, 2.24) is 4.90 Å². The average Bonchev–Trinajstić information content (AvgIpc) is 2.67. The molecule has 1 saturated heterocycles. The molecule has 0 bridgehead atoms. The minimum atomic E-state index is -0.234. The highest BCUT2D eigenvalue weighted by atomic mass is 19.1. The number of carbonyl (C=O) groups is 1. The van der Waals surface area contributed by atoms with Gasteiger partial charge in [0.2, 0.25) is 0 Å². The SMILES string of the molecule is CCc1cccc(OCC(=O)N2CCN(c3ccc(F)cc3)CC2)c1. The molecule has 1 aliphatic rings. The molecule has 1 aliphatic heterocycles. The lowest BCUT2D eigenvalue weighted by Gasteiger charge is -2.36. The summed E-state index contributed by atoms with van der Waals surface area (Å²) in [4.78, 5) is 16.3. The number of hydrogen-bond acceptors (Lipinski definition) is 3. The average molecular weight is 342 g/mol. The van der Waals surface area contributed by atoms with Crippen molar-refractivity contribution in [2.45, 2.75) is 13.3 Å². The van der Waals surface area contributed by atoms with Gasteiger partial charge in [0.05, 0.1) is 0 Å². The molecule has 2 aromatic carbocycles. The van der Waals surface area contributed by atoms with Crippen LogP contribution in [0.2, 0.25) is 0 Å². The Bertz CT molecular complexity index is 710. The van der Waals surface area contributed by atoms with Crippen LogP contribution < -0.4 is 9.64 Å². The standard InChI is InChI=1S/C20H23FN2O2/c1-2-16-4-3-5-19(14-16)25-15-20(24)23-12-10-22(11-13-23)18-8-6-17(21)7-9-18/h3-9,14H,2,10-13,15H2,1H3. The van der Waals surface area contributed by atoms with Gasteiger partial charge in [0.1, 0.15) is 11.6 Å².